The van der Waals surface area contributed by atoms with Crippen LogP contribution in [0.15, 0.2) is 65.7 Å². The number of methoxy groups -OCH3 is 1. The van der Waals surface area contributed by atoms with Crippen molar-refractivity contribution in [3.63, 3.8) is 0 Å². The summed E-state index contributed by atoms with van der Waals surface area (Å²) >= 11 is 5.93. The van der Waals surface area contributed by atoms with Gasteiger partial charge < -0.3 is 4.74 Å². The van der Waals surface area contributed by atoms with E-state index in [9.17, 15) is 4.79 Å². The smallest absolute Gasteiger partial charge is 0.264 e. The van der Waals surface area contributed by atoms with Gasteiger partial charge in [0.15, 0.2) is 5.65 Å². The second kappa shape index (κ2) is 5.82. The number of aromatic nitrogens is 4. The van der Waals surface area contributed by atoms with Gasteiger partial charge in [-0.15, -0.1) is 0 Å². The first-order valence-electron chi connectivity index (χ1n) is 8.29. The largest absolute Gasteiger partial charge is 0.495 e. The monoisotopic (exact) mass is 376 g/mol. The lowest BCUT2D eigenvalue weighted by Crippen LogP contribution is -2.20. The van der Waals surface area contributed by atoms with Gasteiger partial charge in [-0.2, -0.15) is 0 Å². The molecule has 0 amide bonds. The molecule has 0 unspecified atom stereocenters. The maximum Gasteiger partial charge on any atom is 0.264 e. The normalized spacial score (nSPS) is 11.5. The first-order valence-corrected chi connectivity index (χ1v) is 8.66. The predicted octanol–water partition coefficient (Wildman–Crippen LogP) is 3.85. The molecule has 0 saturated carbocycles. The zero-order valence-corrected chi connectivity index (χ0v) is 15.0. The van der Waals surface area contributed by atoms with Gasteiger partial charge in [0, 0.05) is 10.8 Å². The maximum absolute atomic E-state index is 13.4. The van der Waals surface area contributed by atoms with E-state index in [1.54, 1.807) is 30.0 Å². The summed E-state index contributed by atoms with van der Waals surface area (Å²) in [5, 5.41) is 1.76. The minimum atomic E-state index is -0.146. The molecule has 132 valence electrons. The Balaban J connectivity index is 2.05. The van der Waals surface area contributed by atoms with Crippen LogP contribution in [0.1, 0.15) is 0 Å². The molecule has 0 atom stereocenters. The molecule has 5 rings (SSSR count). The Labute approximate surface area is 158 Å². The van der Waals surface area contributed by atoms with Crippen molar-refractivity contribution in [2.75, 3.05) is 7.11 Å². The molecule has 7 heteroatoms. The third kappa shape index (κ3) is 2.30. The molecule has 0 spiro atoms. The van der Waals surface area contributed by atoms with Crippen LogP contribution < -0.4 is 10.3 Å². The quantitative estimate of drug-likeness (QED) is 0.439. The molecular formula is C20H13ClN4O2. The fourth-order valence-corrected chi connectivity index (χ4v) is 3.47. The van der Waals surface area contributed by atoms with Crippen molar-refractivity contribution < 1.29 is 4.74 Å². The highest BCUT2D eigenvalue weighted by molar-refractivity contribution is 6.29. The van der Waals surface area contributed by atoms with Gasteiger partial charge in [-0.25, -0.2) is 9.97 Å². The Morgan fingerprint density at radius 2 is 1.85 bits per heavy atom. The lowest BCUT2D eigenvalue weighted by Gasteiger charge is -2.11. The highest BCUT2D eigenvalue weighted by atomic mass is 35.5. The van der Waals surface area contributed by atoms with Crippen LogP contribution in [0.3, 0.4) is 0 Å². The molecule has 5 aromatic rings. The minimum Gasteiger partial charge on any atom is -0.495 e. The van der Waals surface area contributed by atoms with Crippen molar-refractivity contribution in [3.05, 3.63) is 76.4 Å². The summed E-state index contributed by atoms with van der Waals surface area (Å²) in [6.45, 7) is 0. The van der Waals surface area contributed by atoms with Crippen LogP contribution in [0.4, 0.5) is 0 Å². The second-order valence-electron chi connectivity index (χ2n) is 6.11. The van der Waals surface area contributed by atoms with E-state index < -0.39 is 0 Å². The van der Waals surface area contributed by atoms with Crippen LogP contribution in [0.25, 0.3) is 33.3 Å². The number of imidazole rings is 1. The summed E-state index contributed by atoms with van der Waals surface area (Å²) in [5.41, 5.74) is 2.57. The Kier molecular flexibility index (Phi) is 3.42. The Hall–Kier alpha value is -3.38. The third-order valence-corrected chi connectivity index (χ3v) is 4.82. The Bertz CT molecular complexity index is 1390. The number of hydrogen-bond acceptors (Lipinski definition) is 4. The lowest BCUT2D eigenvalue weighted by molar-refractivity contribution is 0.412. The van der Waals surface area contributed by atoms with Gasteiger partial charge >= 0.3 is 0 Å². The van der Waals surface area contributed by atoms with E-state index in [4.69, 9.17) is 21.3 Å². The van der Waals surface area contributed by atoms with Crippen molar-refractivity contribution >= 4 is 39.2 Å². The van der Waals surface area contributed by atoms with Gasteiger partial charge in [0.25, 0.3) is 5.56 Å². The molecule has 1 aromatic carbocycles. The number of pyridine rings is 3. The third-order valence-electron chi connectivity index (χ3n) is 4.60. The van der Waals surface area contributed by atoms with Gasteiger partial charge in [-0.3, -0.25) is 13.8 Å². The fourth-order valence-electron chi connectivity index (χ4n) is 3.36. The average Bonchev–Trinajstić information content (AvgIpc) is 3.08. The van der Waals surface area contributed by atoms with Crippen molar-refractivity contribution in [1.29, 1.82) is 0 Å². The number of rotatable bonds is 2. The van der Waals surface area contributed by atoms with Crippen LogP contribution in [-0.2, 0) is 0 Å². The van der Waals surface area contributed by atoms with Crippen LogP contribution in [-0.4, -0.2) is 26.0 Å². The summed E-state index contributed by atoms with van der Waals surface area (Å²) in [4.78, 5) is 22.3. The Morgan fingerprint density at radius 3 is 2.59 bits per heavy atom. The average molecular weight is 377 g/mol. The fraction of sp³-hybridized carbons (Fsp3) is 0.0500. The van der Waals surface area contributed by atoms with Gasteiger partial charge in [0.05, 0.1) is 25.2 Å². The van der Waals surface area contributed by atoms with Crippen molar-refractivity contribution in [3.8, 4) is 11.4 Å². The molecule has 0 aliphatic rings. The molecule has 0 bridgehead atoms. The first kappa shape index (κ1) is 15.8. The summed E-state index contributed by atoms with van der Waals surface area (Å²) in [5.74, 6) is 0.670. The van der Waals surface area contributed by atoms with E-state index in [1.807, 2.05) is 47.0 Å². The standard InChI is InChI=1S/C20H13ClN4O2/c1-27-13-7-9-17-23-18-14-4-2-3-5-15(14)20(26)25(19(18)24(17)11-13)12-6-8-16(21)22-10-12/h2-11H,1H3. The molecule has 0 saturated heterocycles. The zero-order chi connectivity index (χ0) is 18.5. The number of benzene rings is 1. The lowest BCUT2D eigenvalue weighted by atomic mass is 10.1. The van der Waals surface area contributed by atoms with Crippen molar-refractivity contribution in [1.82, 2.24) is 18.9 Å². The van der Waals surface area contributed by atoms with E-state index >= 15 is 0 Å². The number of halogens is 1. The summed E-state index contributed by atoms with van der Waals surface area (Å²) in [7, 11) is 1.60. The summed E-state index contributed by atoms with van der Waals surface area (Å²) in [6, 6.07) is 14.6. The van der Waals surface area contributed by atoms with Crippen molar-refractivity contribution in [2.45, 2.75) is 0 Å². The molecule has 0 fully saturated rings. The number of hydrogen-bond donors (Lipinski definition) is 0. The van der Waals surface area contributed by atoms with E-state index in [0.29, 0.717) is 27.6 Å². The van der Waals surface area contributed by atoms with Gasteiger partial charge in [-0.1, -0.05) is 29.8 Å². The van der Waals surface area contributed by atoms with E-state index in [1.165, 1.54) is 0 Å². The predicted molar refractivity (Wildman–Crippen MR) is 105 cm³/mol. The highest BCUT2D eigenvalue weighted by Crippen LogP contribution is 2.27. The Morgan fingerprint density at radius 1 is 1.04 bits per heavy atom. The first-order chi connectivity index (χ1) is 13.2. The van der Waals surface area contributed by atoms with Crippen LogP contribution in [0.5, 0.6) is 5.75 Å². The molecule has 4 aromatic heterocycles. The van der Waals surface area contributed by atoms with Gasteiger partial charge in [0.1, 0.15) is 22.1 Å². The number of nitrogens with zero attached hydrogens (tertiary/aromatic N) is 4. The van der Waals surface area contributed by atoms with Crippen LogP contribution in [0, 0.1) is 0 Å². The molecule has 6 nitrogen and oxygen atoms in total. The van der Waals surface area contributed by atoms with Crippen molar-refractivity contribution in [2.24, 2.45) is 0 Å². The summed E-state index contributed by atoms with van der Waals surface area (Å²) < 4.78 is 8.82. The van der Waals surface area contributed by atoms with Crippen LogP contribution >= 0.6 is 11.6 Å². The van der Waals surface area contributed by atoms with Gasteiger partial charge in [-0.05, 0) is 30.3 Å². The molecule has 4 heterocycles. The van der Waals surface area contributed by atoms with E-state index in [0.717, 1.165) is 16.6 Å². The van der Waals surface area contributed by atoms with Crippen LogP contribution in [0.2, 0.25) is 5.15 Å². The maximum atomic E-state index is 13.4. The second-order valence-corrected chi connectivity index (χ2v) is 6.49. The molecule has 27 heavy (non-hydrogen) atoms. The molecule has 0 aliphatic heterocycles. The topological polar surface area (TPSA) is 61.4 Å². The highest BCUT2D eigenvalue weighted by Gasteiger charge is 2.18. The molecule has 0 radical (unpaired) electrons. The molecule has 0 N–H and O–H groups in total. The zero-order valence-electron chi connectivity index (χ0n) is 14.3. The molecular weight excluding hydrogens is 364 g/mol. The van der Waals surface area contributed by atoms with E-state index in [2.05, 4.69) is 4.98 Å². The van der Waals surface area contributed by atoms with E-state index in [-0.39, 0.29) is 5.56 Å². The number of ether oxygens (including phenoxy) is 1. The molecule has 0 aliphatic carbocycles. The summed E-state index contributed by atoms with van der Waals surface area (Å²) in [6.07, 6.45) is 3.40. The minimum absolute atomic E-state index is 0.146. The number of fused-ring (bicyclic) bond motifs is 5. The SMILES string of the molecule is COc1ccc2nc3c4ccccc4c(=O)n(-c4ccc(Cl)nc4)c3n2c1. The van der Waals surface area contributed by atoms with Gasteiger partial charge in [0.2, 0.25) is 0 Å².